The second-order valence-corrected chi connectivity index (χ2v) is 4.57. The highest BCUT2D eigenvalue weighted by atomic mass is 16.5. The molecule has 2 aromatic rings. The number of amides is 3. The van der Waals surface area contributed by atoms with Crippen molar-refractivity contribution in [3.8, 4) is 5.75 Å². The Morgan fingerprint density at radius 3 is 2.32 bits per heavy atom. The molecule has 0 heterocycles. The molecule has 2 rings (SSSR count). The van der Waals surface area contributed by atoms with Crippen LogP contribution >= 0.6 is 0 Å². The van der Waals surface area contributed by atoms with Gasteiger partial charge in [-0.15, -0.1) is 0 Å². The third kappa shape index (κ3) is 5.16. The minimum absolute atomic E-state index is 0.176. The highest BCUT2D eigenvalue weighted by molar-refractivity contribution is 5.89. The van der Waals surface area contributed by atoms with E-state index in [4.69, 9.17) is 10.5 Å². The van der Waals surface area contributed by atoms with Crippen LogP contribution in [0.4, 0.5) is 10.5 Å². The van der Waals surface area contributed by atoms with Gasteiger partial charge in [0.15, 0.2) is 6.61 Å². The zero-order chi connectivity index (χ0) is 15.8. The number of hydrogen-bond donors (Lipinski definition) is 3. The number of nitrogens with one attached hydrogen (secondary N) is 2. The summed E-state index contributed by atoms with van der Waals surface area (Å²) >= 11 is 0. The lowest BCUT2D eigenvalue weighted by atomic mass is 10.2. The molecule has 6 nitrogen and oxygen atoms in total. The van der Waals surface area contributed by atoms with Crippen LogP contribution in [-0.2, 0) is 11.3 Å². The van der Waals surface area contributed by atoms with Crippen LogP contribution in [0.3, 0.4) is 0 Å². The van der Waals surface area contributed by atoms with E-state index < -0.39 is 5.91 Å². The number of rotatable bonds is 6. The lowest BCUT2D eigenvalue weighted by molar-refractivity contribution is -0.119. The number of anilines is 1. The molecule has 0 atom stereocenters. The summed E-state index contributed by atoms with van der Waals surface area (Å²) < 4.78 is 5.13. The molecule has 0 fully saturated rings. The van der Waals surface area contributed by atoms with E-state index in [9.17, 15) is 9.59 Å². The van der Waals surface area contributed by atoms with Crippen molar-refractivity contribution in [1.29, 1.82) is 0 Å². The minimum Gasteiger partial charge on any atom is -0.484 e. The first-order chi connectivity index (χ1) is 10.6. The molecule has 22 heavy (non-hydrogen) atoms. The Balaban J connectivity index is 1.80. The average Bonchev–Trinajstić information content (AvgIpc) is 2.53. The highest BCUT2D eigenvalue weighted by Crippen LogP contribution is 2.15. The van der Waals surface area contributed by atoms with Gasteiger partial charge in [0, 0.05) is 12.2 Å². The van der Waals surface area contributed by atoms with Crippen LogP contribution in [0.2, 0.25) is 0 Å². The third-order valence-electron chi connectivity index (χ3n) is 2.79. The number of carbonyl (C=O) groups excluding carboxylic acids is 2. The Morgan fingerprint density at radius 2 is 1.68 bits per heavy atom. The number of hydrogen-bond acceptors (Lipinski definition) is 3. The van der Waals surface area contributed by atoms with Gasteiger partial charge in [0.25, 0.3) is 5.91 Å². The van der Waals surface area contributed by atoms with E-state index in [1.165, 1.54) is 0 Å². The zero-order valence-electron chi connectivity index (χ0n) is 11.9. The topological polar surface area (TPSA) is 93.5 Å². The fourth-order valence-corrected chi connectivity index (χ4v) is 1.74. The van der Waals surface area contributed by atoms with Crippen molar-refractivity contribution < 1.29 is 14.3 Å². The van der Waals surface area contributed by atoms with Gasteiger partial charge in [-0.3, -0.25) is 4.79 Å². The van der Waals surface area contributed by atoms with Gasteiger partial charge in [-0.2, -0.15) is 0 Å². The van der Waals surface area contributed by atoms with Gasteiger partial charge < -0.3 is 21.1 Å². The van der Waals surface area contributed by atoms with Gasteiger partial charge in [0.2, 0.25) is 0 Å². The Hall–Kier alpha value is -3.02. The SMILES string of the molecule is NC(=O)COc1ccc(NC(=O)NCc2ccccc2)cc1. The van der Waals surface area contributed by atoms with Gasteiger partial charge >= 0.3 is 6.03 Å². The average molecular weight is 299 g/mol. The van der Waals surface area contributed by atoms with Crippen molar-refractivity contribution in [2.45, 2.75) is 6.54 Å². The molecule has 2 aromatic carbocycles. The molecule has 0 aliphatic carbocycles. The number of urea groups is 1. The molecule has 3 amide bonds. The molecular weight excluding hydrogens is 282 g/mol. The summed E-state index contributed by atoms with van der Waals surface area (Å²) in [6.07, 6.45) is 0. The monoisotopic (exact) mass is 299 g/mol. The summed E-state index contributed by atoms with van der Waals surface area (Å²) in [6, 6.07) is 16.0. The minimum atomic E-state index is -0.539. The molecule has 0 unspecified atom stereocenters. The Morgan fingerprint density at radius 1 is 1.00 bits per heavy atom. The van der Waals surface area contributed by atoms with Crippen LogP contribution in [0.1, 0.15) is 5.56 Å². The Bertz CT molecular complexity index is 627. The number of ether oxygens (including phenoxy) is 1. The van der Waals surface area contributed by atoms with Crippen LogP contribution in [0, 0.1) is 0 Å². The van der Waals surface area contributed by atoms with Crippen LogP contribution in [0.15, 0.2) is 54.6 Å². The molecule has 0 aliphatic heterocycles. The fourth-order valence-electron chi connectivity index (χ4n) is 1.74. The fraction of sp³-hybridized carbons (Fsp3) is 0.125. The molecule has 0 bridgehead atoms. The predicted octanol–water partition coefficient (Wildman–Crippen LogP) is 1.87. The molecule has 0 spiro atoms. The van der Waals surface area contributed by atoms with Crippen molar-refractivity contribution >= 4 is 17.6 Å². The second-order valence-electron chi connectivity index (χ2n) is 4.57. The standard InChI is InChI=1S/C16H17N3O3/c17-15(20)11-22-14-8-6-13(7-9-14)19-16(21)18-10-12-4-2-1-3-5-12/h1-9H,10-11H2,(H2,17,20)(H2,18,19,21). The van der Waals surface area contributed by atoms with Gasteiger partial charge in [0.05, 0.1) is 0 Å². The lowest BCUT2D eigenvalue weighted by Gasteiger charge is -2.09. The third-order valence-corrected chi connectivity index (χ3v) is 2.79. The molecule has 114 valence electrons. The number of carbonyl (C=O) groups is 2. The molecule has 6 heteroatoms. The molecular formula is C16H17N3O3. The summed E-state index contributed by atoms with van der Waals surface area (Å²) in [6.45, 7) is 0.275. The second kappa shape index (κ2) is 7.68. The van der Waals surface area contributed by atoms with Crippen molar-refractivity contribution in [2.75, 3.05) is 11.9 Å². The summed E-state index contributed by atoms with van der Waals surface area (Å²) in [5, 5.41) is 5.47. The van der Waals surface area contributed by atoms with Gasteiger partial charge in [-0.05, 0) is 29.8 Å². The van der Waals surface area contributed by atoms with Crippen molar-refractivity contribution in [3.63, 3.8) is 0 Å². The first-order valence-corrected chi connectivity index (χ1v) is 6.73. The summed E-state index contributed by atoms with van der Waals surface area (Å²) in [5.41, 5.74) is 6.63. The smallest absolute Gasteiger partial charge is 0.319 e. The molecule has 4 N–H and O–H groups in total. The van der Waals surface area contributed by atoms with E-state index in [1.807, 2.05) is 30.3 Å². The maximum atomic E-state index is 11.8. The summed E-state index contributed by atoms with van der Waals surface area (Å²) in [4.78, 5) is 22.4. The van der Waals surface area contributed by atoms with Gasteiger partial charge in [-0.1, -0.05) is 30.3 Å². The number of nitrogens with two attached hydrogens (primary N) is 1. The predicted molar refractivity (Wildman–Crippen MR) is 83.4 cm³/mol. The number of benzene rings is 2. The maximum absolute atomic E-state index is 11.8. The van der Waals surface area contributed by atoms with E-state index >= 15 is 0 Å². The zero-order valence-corrected chi connectivity index (χ0v) is 11.9. The lowest BCUT2D eigenvalue weighted by Crippen LogP contribution is -2.28. The van der Waals surface area contributed by atoms with Crippen molar-refractivity contribution in [1.82, 2.24) is 5.32 Å². The number of primary amides is 1. The van der Waals surface area contributed by atoms with Crippen molar-refractivity contribution in [3.05, 3.63) is 60.2 Å². The molecule has 0 aromatic heterocycles. The molecule has 0 radical (unpaired) electrons. The van der Waals surface area contributed by atoms with E-state index in [0.717, 1.165) is 5.56 Å². The Kier molecular flexibility index (Phi) is 5.37. The van der Waals surface area contributed by atoms with Crippen LogP contribution < -0.4 is 21.1 Å². The van der Waals surface area contributed by atoms with Crippen LogP contribution in [-0.4, -0.2) is 18.5 Å². The first-order valence-electron chi connectivity index (χ1n) is 6.73. The quantitative estimate of drug-likeness (QED) is 0.760. The maximum Gasteiger partial charge on any atom is 0.319 e. The van der Waals surface area contributed by atoms with E-state index in [1.54, 1.807) is 24.3 Å². The normalized spacial score (nSPS) is 9.82. The van der Waals surface area contributed by atoms with E-state index in [0.29, 0.717) is 18.0 Å². The summed E-state index contributed by atoms with van der Waals surface area (Å²) in [5.74, 6) is -0.0310. The van der Waals surface area contributed by atoms with Crippen molar-refractivity contribution in [2.24, 2.45) is 5.73 Å². The highest BCUT2D eigenvalue weighted by Gasteiger charge is 2.02. The van der Waals surface area contributed by atoms with Crippen LogP contribution in [0.5, 0.6) is 5.75 Å². The molecule has 0 saturated heterocycles. The largest absolute Gasteiger partial charge is 0.484 e. The molecule has 0 aliphatic rings. The van der Waals surface area contributed by atoms with Crippen LogP contribution in [0.25, 0.3) is 0 Å². The van der Waals surface area contributed by atoms with Gasteiger partial charge in [-0.25, -0.2) is 4.79 Å². The van der Waals surface area contributed by atoms with E-state index in [-0.39, 0.29) is 12.6 Å². The first kappa shape index (κ1) is 15.4. The molecule has 0 saturated carbocycles. The van der Waals surface area contributed by atoms with Gasteiger partial charge in [0.1, 0.15) is 5.75 Å². The summed E-state index contributed by atoms with van der Waals surface area (Å²) in [7, 11) is 0. The Labute approximate surface area is 128 Å². The van der Waals surface area contributed by atoms with E-state index in [2.05, 4.69) is 10.6 Å².